The molecule has 12 heteroatoms. The summed E-state index contributed by atoms with van der Waals surface area (Å²) in [6.45, 7) is 6.63. The van der Waals surface area contributed by atoms with Crippen LogP contribution in [0.15, 0.2) is 12.4 Å². The summed E-state index contributed by atoms with van der Waals surface area (Å²) in [4.78, 5) is 22.5. The molecular weight excluding hydrogens is 408 g/mol. The highest BCUT2D eigenvalue weighted by Gasteiger charge is 2.49. The van der Waals surface area contributed by atoms with Crippen molar-refractivity contribution in [3.63, 3.8) is 0 Å². The van der Waals surface area contributed by atoms with Gasteiger partial charge in [0.25, 0.3) is 0 Å². The number of rotatable bonds is 4. The fourth-order valence-corrected chi connectivity index (χ4v) is 5.14. The highest BCUT2D eigenvalue weighted by molar-refractivity contribution is 7.76. The monoisotopic (exact) mass is 432 g/mol. The third kappa shape index (κ3) is 3.29. The van der Waals surface area contributed by atoms with Gasteiger partial charge in [-0.25, -0.2) is 19.2 Å². The Morgan fingerprint density at radius 1 is 1.17 bits per heavy atom. The van der Waals surface area contributed by atoms with E-state index in [9.17, 15) is 8.76 Å². The maximum absolute atomic E-state index is 11.4. The summed E-state index contributed by atoms with van der Waals surface area (Å²) < 4.78 is 27.8. The maximum atomic E-state index is 11.4. The van der Waals surface area contributed by atoms with Crippen LogP contribution in [-0.4, -0.2) is 84.5 Å². The van der Waals surface area contributed by atoms with E-state index in [0.717, 1.165) is 48.7 Å². The molecule has 2 saturated heterocycles. The molecule has 3 aliphatic heterocycles. The van der Waals surface area contributed by atoms with Gasteiger partial charge in [-0.3, -0.25) is 4.55 Å². The molecule has 0 saturated carbocycles. The van der Waals surface area contributed by atoms with Crippen molar-refractivity contribution in [2.75, 3.05) is 61.5 Å². The zero-order valence-electron chi connectivity index (χ0n) is 16.7. The lowest BCUT2D eigenvalue weighted by Gasteiger charge is -2.51. The second-order valence-corrected chi connectivity index (χ2v) is 9.01. The number of nitrogen functional groups attached to an aromatic ring is 1. The molecule has 2 aromatic heterocycles. The van der Waals surface area contributed by atoms with E-state index in [0.29, 0.717) is 32.3 Å². The van der Waals surface area contributed by atoms with Crippen LogP contribution < -0.4 is 15.5 Å². The number of morpholine rings is 1. The zero-order chi connectivity index (χ0) is 20.9. The van der Waals surface area contributed by atoms with E-state index in [2.05, 4.69) is 26.7 Å². The molecule has 1 unspecified atom stereocenters. The highest BCUT2D eigenvalue weighted by Crippen LogP contribution is 2.41. The first kappa shape index (κ1) is 19.5. The number of nitrogens with zero attached hydrogens (tertiary/aromatic N) is 7. The largest absolute Gasteiger partial charge is 0.378 e. The number of anilines is 3. The number of hydrogen-bond acceptors (Lipinski definition) is 9. The molecule has 11 nitrogen and oxygen atoms in total. The molecule has 0 spiro atoms. The average molecular weight is 433 g/mol. The van der Waals surface area contributed by atoms with Gasteiger partial charge in [0.15, 0.2) is 0 Å². The predicted molar refractivity (Wildman–Crippen MR) is 112 cm³/mol. The Hall–Kier alpha value is -2.41. The lowest BCUT2D eigenvalue weighted by atomic mass is 9.93. The van der Waals surface area contributed by atoms with Crippen LogP contribution in [0.3, 0.4) is 0 Å². The molecule has 5 heterocycles. The van der Waals surface area contributed by atoms with Gasteiger partial charge in [0, 0.05) is 56.2 Å². The number of hydrogen-bond donors (Lipinski definition) is 2. The van der Waals surface area contributed by atoms with Gasteiger partial charge >= 0.3 is 0 Å². The minimum absolute atomic E-state index is 0.221. The van der Waals surface area contributed by atoms with Gasteiger partial charge in [0.2, 0.25) is 23.2 Å². The Balaban J connectivity index is 1.56. The molecule has 30 heavy (non-hydrogen) atoms. The maximum Gasteiger partial charge on any atom is 0.234 e. The summed E-state index contributed by atoms with van der Waals surface area (Å²) in [5, 5.41) is 0. The molecule has 3 N–H and O–H groups in total. The molecule has 1 atom stereocenters. The first-order valence-corrected chi connectivity index (χ1v) is 11.0. The fraction of sp³-hybridized carbons (Fsp3) is 0.556. The SMILES string of the molecule is CC1(N2CCc3c(-c4cnc(N)nc4)nc(N4CCOCC4)nc32)CN(S(=O)O)C1. The van der Waals surface area contributed by atoms with Crippen molar-refractivity contribution in [1.29, 1.82) is 0 Å². The topological polar surface area (TPSA) is 134 Å². The first-order valence-electron chi connectivity index (χ1n) is 9.90. The Morgan fingerprint density at radius 2 is 1.87 bits per heavy atom. The molecule has 160 valence electrons. The first-order chi connectivity index (χ1) is 14.4. The van der Waals surface area contributed by atoms with Crippen molar-refractivity contribution < 1.29 is 13.5 Å². The summed E-state index contributed by atoms with van der Waals surface area (Å²) >= 11 is -1.95. The zero-order valence-corrected chi connectivity index (χ0v) is 17.5. The third-order valence-corrected chi connectivity index (χ3v) is 6.66. The number of fused-ring (bicyclic) bond motifs is 1. The van der Waals surface area contributed by atoms with E-state index in [1.807, 2.05) is 0 Å². The van der Waals surface area contributed by atoms with Crippen molar-refractivity contribution in [1.82, 2.24) is 24.2 Å². The standard InChI is InChI=1S/C18H24N8O3S/c1-18(10-25(11-18)30(27)28)26-3-2-13-14(12-8-20-16(19)21-9-12)22-17(23-15(13)26)24-4-6-29-7-5-24/h8-9H,2-7,10-11H2,1H3,(H,27,28)(H2,19,20,21). The van der Waals surface area contributed by atoms with Crippen LogP contribution in [-0.2, 0) is 22.4 Å². The summed E-state index contributed by atoms with van der Waals surface area (Å²) in [5.41, 5.74) is 8.08. The lowest BCUT2D eigenvalue weighted by molar-refractivity contribution is 0.122. The summed E-state index contributed by atoms with van der Waals surface area (Å²) in [5.74, 6) is 1.75. The molecule has 3 aliphatic rings. The summed E-state index contributed by atoms with van der Waals surface area (Å²) in [6, 6.07) is 0. The highest BCUT2D eigenvalue weighted by atomic mass is 32.2. The van der Waals surface area contributed by atoms with Gasteiger partial charge in [-0.2, -0.15) is 9.29 Å². The molecule has 0 aromatic carbocycles. The molecule has 0 radical (unpaired) electrons. The van der Waals surface area contributed by atoms with Crippen LogP contribution in [0.2, 0.25) is 0 Å². The third-order valence-electron chi connectivity index (χ3n) is 5.96. The molecular formula is C18H24N8O3S. The number of nitrogens with two attached hydrogens (primary N) is 1. The Bertz CT molecular complexity index is 976. The smallest absolute Gasteiger partial charge is 0.234 e. The van der Waals surface area contributed by atoms with E-state index in [-0.39, 0.29) is 11.5 Å². The Labute approximate surface area is 176 Å². The van der Waals surface area contributed by atoms with Gasteiger partial charge in [0.1, 0.15) is 5.82 Å². The quantitative estimate of drug-likeness (QED) is 0.632. The molecule has 0 aliphatic carbocycles. The fourth-order valence-electron chi connectivity index (χ4n) is 4.37. The van der Waals surface area contributed by atoms with Crippen molar-refractivity contribution in [3.8, 4) is 11.3 Å². The van der Waals surface area contributed by atoms with Crippen molar-refractivity contribution >= 4 is 29.0 Å². The van der Waals surface area contributed by atoms with Crippen LogP contribution >= 0.6 is 0 Å². The Kier molecular flexibility index (Phi) is 4.81. The lowest BCUT2D eigenvalue weighted by Crippen LogP contribution is -2.68. The van der Waals surface area contributed by atoms with E-state index < -0.39 is 11.3 Å². The van der Waals surface area contributed by atoms with Crippen LogP contribution in [0.25, 0.3) is 11.3 Å². The average Bonchev–Trinajstić information content (AvgIpc) is 3.16. The van der Waals surface area contributed by atoms with Gasteiger partial charge < -0.3 is 20.3 Å². The van der Waals surface area contributed by atoms with Gasteiger partial charge in [-0.1, -0.05) is 0 Å². The minimum atomic E-state index is -1.95. The van der Waals surface area contributed by atoms with E-state index in [4.69, 9.17) is 20.4 Å². The summed E-state index contributed by atoms with van der Waals surface area (Å²) in [6.07, 6.45) is 4.17. The van der Waals surface area contributed by atoms with E-state index in [1.54, 1.807) is 12.4 Å². The molecule has 2 aromatic rings. The van der Waals surface area contributed by atoms with Gasteiger partial charge in [0.05, 0.1) is 24.4 Å². The number of ether oxygens (including phenoxy) is 1. The van der Waals surface area contributed by atoms with Crippen LogP contribution in [0.5, 0.6) is 0 Å². The van der Waals surface area contributed by atoms with E-state index in [1.165, 1.54) is 4.31 Å². The molecule has 0 bridgehead atoms. The molecule has 5 rings (SSSR count). The van der Waals surface area contributed by atoms with Crippen LogP contribution in [0, 0.1) is 0 Å². The number of aromatic nitrogens is 4. The minimum Gasteiger partial charge on any atom is -0.378 e. The van der Waals surface area contributed by atoms with Gasteiger partial charge in [-0.05, 0) is 13.3 Å². The second kappa shape index (κ2) is 7.38. The van der Waals surface area contributed by atoms with Crippen LogP contribution in [0.4, 0.5) is 17.7 Å². The second-order valence-electron chi connectivity index (χ2n) is 8.03. The van der Waals surface area contributed by atoms with Crippen molar-refractivity contribution in [2.24, 2.45) is 0 Å². The van der Waals surface area contributed by atoms with Gasteiger partial charge in [-0.15, -0.1) is 0 Å². The normalized spacial score (nSPS) is 21.9. The molecule has 0 amide bonds. The van der Waals surface area contributed by atoms with Crippen molar-refractivity contribution in [2.45, 2.75) is 18.9 Å². The predicted octanol–water partition coefficient (Wildman–Crippen LogP) is -0.0741. The van der Waals surface area contributed by atoms with Crippen molar-refractivity contribution in [3.05, 3.63) is 18.0 Å². The summed E-state index contributed by atoms with van der Waals surface area (Å²) in [7, 11) is 0. The molecule has 2 fully saturated rings. The Morgan fingerprint density at radius 3 is 2.53 bits per heavy atom. The van der Waals surface area contributed by atoms with Crippen LogP contribution in [0.1, 0.15) is 12.5 Å². The van der Waals surface area contributed by atoms with E-state index >= 15 is 0 Å².